The van der Waals surface area contributed by atoms with Crippen molar-refractivity contribution in [1.29, 1.82) is 0 Å². The molecule has 0 aromatic rings. The number of aliphatic hydroxyl groups excluding tert-OH is 1. The molecule has 2 nitrogen and oxygen atoms in total. The van der Waals surface area contributed by atoms with Crippen molar-refractivity contribution in [1.82, 2.24) is 5.32 Å². The highest BCUT2D eigenvalue weighted by molar-refractivity contribution is 4.70. The molecule has 0 aliphatic rings. The molecule has 128 valence electrons. The zero-order chi connectivity index (χ0) is 15.8. The number of rotatable bonds is 16. The third-order valence-corrected chi connectivity index (χ3v) is 4.51. The van der Waals surface area contributed by atoms with Gasteiger partial charge in [0.25, 0.3) is 0 Å². The Morgan fingerprint density at radius 2 is 1.19 bits per heavy atom. The smallest absolute Gasteiger partial charge is 0.0555 e. The first-order valence-electron chi connectivity index (χ1n) is 9.59. The Bertz CT molecular complexity index is 196. The van der Waals surface area contributed by atoms with Crippen LogP contribution < -0.4 is 5.32 Å². The van der Waals surface area contributed by atoms with Crippen LogP contribution in [0.15, 0.2) is 0 Å². The summed E-state index contributed by atoms with van der Waals surface area (Å²) in [6, 6.07) is 0.502. The lowest BCUT2D eigenvalue weighted by molar-refractivity contribution is 0.135. The molecular weight excluding hydrogens is 258 g/mol. The van der Waals surface area contributed by atoms with Gasteiger partial charge in [0, 0.05) is 6.04 Å². The average molecular weight is 300 g/mol. The van der Waals surface area contributed by atoms with Crippen molar-refractivity contribution in [2.45, 2.75) is 116 Å². The standard InChI is InChI=1S/C19H41NO/c1-4-6-8-10-12-14-16-19(21)17-18(20-3)15-13-11-9-7-5-2/h18-21H,4-17H2,1-3H3. The van der Waals surface area contributed by atoms with Gasteiger partial charge >= 0.3 is 0 Å². The molecule has 2 heteroatoms. The van der Waals surface area contributed by atoms with Crippen LogP contribution >= 0.6 is 0 Å². The van der Waals surface area contributed by atoms with Gasteiger partial charge in [-0.15, -0.1) is 0 Å². The lowest BCUT2D eigenvalue weighted by Crippen LogP contribution is -2.29. The van der Waals surface area contributed by atoms with Crippen LogP contribution in [0, 0.1) is 0 Å². The van der Waals surface area contributed by atoms with Gasteiger partial charge in [0.1, 0.15) is 0 Å². The molecule has 0 spiro atoms. The van der Waals surface area contributed by atoms with Crippen molar-refractivity contribution in [2.24, 2.45) is 0 Å². The molecule has 0 saturated carbocycles. The first kappa shape index (κ1) is 20.9. The summed E-state index contributed by atoms with van der Waals surface area (Å²) in [5, 5.41) is 13.5. The van der Waals surface area contributed by atoms with Crippen LogP contribution in [-0.4, -0.2) is 24.3 Å². The van der Waals surface area contributed by atoms with Crippen molar-refractivity contribution >= 4 is 0 Å². The van der Waals surface area contributed by atoms with Crippen LogP contribution in [0.1, 0.15) is 104 Å². The molecule has 0 aliphatic heterocycles. The van der Waals surface area contributed by atoms with E-state index in [9.17, 15) is 5.11 Å². The molecule has 2 N–H and O–H groups in total. The fourth-order valence-electron chi connectivity index (χ4n) is 2.98. The van der Waals surface area contributed by atoms with Gasteiger partial charge in [-0.25, -0.2) is 0 Å². The normalized spacial score (nSPS) is 14.3. The van der Waals surface area contributed by atoms with E-state index in [1.165, 1.54) is 77.0 Å². The molecule has 0 bridgehead atoms. The second-order valence-corrected chi connectivity index (χ2v) is 6.63. The van der Waals surface area contributed by atoms with E-state index >= 15 is 0 Å². The maximum absolute atomic E-state index is 10.2. The molecule has 0 radical (unpaired) electrons. The molecule has 2 atom stereocenters. The zero-order valence-corrected chi connectivity index (χ0v) is 15.0. The SMILES string of the molecule is CCCCCCCCC(O)CC(CCCCCCC)NC. The van der Waals surface area contributed by atoms with Crippen LogP contribution in [0.25, 0.3) is 0 Å². The van der Waals surface area contributed by atoms with Gasteiger partial charge in [-0.2, -0.15) is 0 Å². The quantitative estimate of drug-likeness (QED) is 0.372. The minimum Gasteiger partial charge on any atom is -0.393 e. The number of hydrogen-bond donors (Lipinski definition) is 2. The molecule has 0 aromatic heterocycles. The van der Waals surface area contributed by atoms with Crippen molar-refractivity contribution in [3.8, 4) is 0 Å². The van der Waals surface area contributed by atoms with E-state index in [1.54, 1.807) is 0 Å². The largest absolute Gasteiger partial charge is 0.393 e. The predicted molar refractivity (Wildman–Crippen MR) is 94.8 cm³/mol. The van der Waals surface area contributed by atoms with Gasteiger partial charge in [-0.3, -0.25) is 0 Å². The van der Waals surface area contributed by atoms with Gasteiger partial charge in [0.2, 0.25) is 0 Å². The molecule has 0 heterocycles. The zero-order valence-electron chi connectivity index (χ0n) is 15.0. The highest BCUT2D eigenvalue weighted by atomic mass is 16.3. The summed E-state index contributed by atoms with van der Waals surface area (Å²) in [5.41, 5.74) is 0. The average Bonchev–Trinajstić information content (AvgIpc) is 2.49. The summed E-state index contributed by atoms with van der Waals surface area (Å²) in [7, 11) is 2.04. The molecule has 2 unspecified atom stereocenters. The van der Waals surface area contributed by atoms with E-state index in [2.05, 4.69) is 19.2 Å². The number of nitrogens with one attached hydrogen (secondary N) is 1. The Balaban J connectivity index is 3.52. The second kappa shape index (κ2) is 16.3. The highest BCUT2D eigenvalue weighted by Crippen LogP contribution is 2.14. The second-order valence-electron chi connectivity index (χ2n) is 6.63. The van der Waals surface area contributed by atoms with E-state index in [-0.39, 0.29) is 6.10 Å². The third kappa shape index (κ3) is 14.6. The fourth-order valence-corrected chi connectivity index (χ4v) is 2.98. The fraction of sp³-hybridized carbons (Fsp3) is 1.00. The van der Waals surface area contributed by atoms with Gasteiger partial charge < -0.3 is 10.4 Å². The van der Waals surface area contributed by atoms with Crippen molar-refractivity contribution in [3.05, 3.63) is 0 Å². The van der Waals surface area contributed by atoms with Crippen LogP contribution in [0.2, 0.25) is 0 Å². The van der Waals surface area contributed by atoms with E-state index in [0.717, 1.165) is 12.8 Å². The minimum absolute atomic E-state index is 0.107. The van der Waals surface area contributed by atoms with E-state index in [4.69, 9.17) is 0 Å². The Morgan fingerprint density at radius 1 is 0.714 bits per heavy atom. The summed E-state index contributed by atoms with van der Waals surface area (Å²) < 4.78 is 0. The molecule has 0 rings (SSSR count). The monoisotopic (exact) mass is 299 g/mol. The van der Waals surface area contributed by atoms with Crippen molar-refractivity contribution in [3.63, 3.8) is 0 Å². The van der Waals surface area contributed by atoms with E-state index in [1.807, 2.05) is 7.05 Å². The lowest BCUT2D eigenvalue weighted by Gasteiger charge is -2.20. The highest BCUT2D eigenvalue weighted by Gasteiger charge is 2.12. The van der Waals surface area contributed by atoms with Crippen molar-refractivity contribution < 1.29 is 5.11 Å². The molecule has 0 saturated heterocycles. The molecule has 0 fully saturated rings. The number of hydrogen-bond acceptors (Lipinski definition) is 2. The van der Waals surface area contributed by atoms with Crippen LogP contribution in [0.4, 0.5) is 0 Å². The van der Waals surface area contributed by atoms with Gasteiger partial charge in [-0.05, 0) is 26.3 Å². The minimum atomic E-state index is -0.107. The summed E-state index contributed by atoms with van der Waals surface area (Å²) in [6.45, 7) is 4.51. The van der Waals surface area contributed by atoms with Crippen LogP contribution in [0.3, 0.4) is 0 Å². The molecule has 0 aliphatic carbocycles. The molecule has 21 heavy (non-hydrogen) atoms. The van der Waals surface area contributed by atoms with Gasteiger partial charge in [0.05, 0.1) is 6.10 Å². The first-order valence-corrected chi connectivity index (χ1v) is 9.59. The molecule has 0 aromatic carbocycles. The first-order chi connectivity index (χ1) is 10.2. The summed E-state index contributed by atoms with van der Waals surface area (Å²) in [6.07, 6.45) is 17.6. The van der Waals surface area contributed by atoms with E-state index < -0.39 is 0 Å². The summed E-state index contributed by atoms with van der Waals surface area (Å²) in [4.78, 5) is 0. The summed E-state index contributed by atoms with van der Waals surface area (Å²) >= 11 is 0. The van der Waals surface area contributed by atoms with E-state index in [0.29, 0.717) is 6.04 Å². The molecular formula is C19H41NO. The van der Waals surface area contributed by atoms with Gasteiger partial charge in [-0.1, -0.05) is 84.5 Å². The number of aliphatic hydroxyl groups is 1. The maximum atomic E-state index is 10.2. The Morgan fingerprint density at radius 3 is 1.71 bits per heavy atom. The Kier molecular flexibility index (Phi) is 16.2. The van der Waals surface area contributed by atoms with Crippen molar-refractivity contribution in [2.75, 3.05) is 7.05 Å². The van der Waals surface area contributed by atoms with Crippen LogP contribution in [0.5, 0.6) is 0 Å². The molecule has 0 amide bonds. The van der Waals surface area contributed by atoms with Crippen LogP contribution in [-0.2, 0) is 0 Å². The lowest BCUT2D eigenvalue weighted by atomic mass is 9.98. The predicted octanol–water partition coefficient (Wildman–Crippen LogP) is 5.44. The topological polar surface area (TPSA) is 32.3 Å². The Hall–Kier alpha value is -0.0800. The summed E-state index contributed by atoms with van der Waals surface area (Å²) in [5.74, 6) is 0. The van der Waals surface area contributed by atoms with Gasteiger partial charge in [0.15, 0.2) is 0 Å². The third-order valence-electron chi connectivity index (χ3n) is 4.51. The number of unbranched alkanes of at least 4 members (excludes halogenated alkanes) is 9. The Labute approximate surface area is 134 Å². The maximum Gasteiger partial charge on any atom is 0.0555 e.